The van der Waals surface area contributed by atoms with Gasteiger partial charge in [0, 0.05) is 24.0 Å². The lowest BCUT2D eigenvalue weighted by Crippen LogP contribution is -2.54. The highest BCUT2D eigenvalue weighted by Gasteiger charge is 2.53. The van der Waals surface area contributed by atoms with E-state index in [1.54, 1.807) is 0 Å². The van der Waals surface area contributed by atoms with Gasteiger partial charge in [-0.3, -0.25) is 4.99 Å². The number of nitrogens with zero attached hydrogens (tertiary/aromatic N) is 2. The molecule has 178 valence electrons. The van der Waals surface area contributed by atoms with E-state index >= 15 is 0 Å². The number of ether oxygens (including phenoxy) is 1. The summed E-state index contributed by atoms with van der Waals surface area (Å²) in [7, 11) is 2.17. The first-order chi connectivity index (χ1) is 15.9. The highest BCUT2D eigenvalue weighted by molar-refractivity contribution is 6.06. The van der Waals surface area contributed by atoms with Crippen molar-refractivity contribution in [1.29, 1.82) is 0 Å². The molecule has 3 aromatic carbocycles. The average Bonchev–Trinajstić information content (AvgIpc) is 3.02. The fourth-order valence-electron chi connectivity index (χ4n) is 6.63. The standard InChI is InChI=1S/C31H38N2O/c1-14-15(2)20(7)27-25(18(14)5)21(8)23(10)30-28(27)32-13-31(34-30)24(11)26-19(6)16(3)17(4)22(9)29(26)33(31)12/h13,24H,1-12H3. The zero-order valence-electron chi connectivity index (χ0n) is 23.0. The number of hydrogen-bond donors (Lipinski definition) is 0. The Kier molecular flexibility index (Phi) is 4.79. The van der Waals surface area contributed by atoms with Gasteiger partial charge in [-0.05, 0) is 136 Å². The van der Waals surface area contributed by atoms with Crippen LogP contribution in [0.4, 0.5) is 11.4 Å². The normalized spacial score (nSPS) is 20.8. The largest absolute Gasteiger partial charge is 0.459 e. The number of hydrogen-bond acceptors (Lipinski definition) is 3. The fourth-order valence-corrected chi connectivity index (χ4v) is 6.63. The van der Waals surface area contributed by atoms with Crippen molar-refractivity contribution in [3.05, 3.63) is 61.2 Å². The molecule has 5 rings (SSSR count). The minimum atomic E-state index is -0.626. The van der Waals surface area contributed by atoms with Gasteiger partial charge in [0.1, 0.15) is 5.69 Å². The first-order valence-corrected chi connectivity index (χ1v) is 12.5. The third kappa shape index (κ3) is 2.51. The second-order valence-electron chi connectivity index (χ2n) is 10.8. The maximum atomic E-state index is 7.14. The van der Waals surface area contributed by atoms with Crippen LogP contribution in [-0.2, 0) is 0 Å². The molecule has 0 aliphatic carbocycles. The fraction of sp³-hybridized carbons (Fsp3) is 0.452. The SMILES string of the molecule is Cc1c(C)c(C)c2c(c1C)C(C)C1(C=Nc3c(c(C)c(C)c4c(C)c(C)c(C)c(C)c34)O1)N2C. The maximum Gasteiger partial charge on any atom is 0.226 e. The van der Waals surface area contributed by atoms with Gasteiger partial charge >= 0.3 is 0 Å². The number of benzene rings is 3. The van der Waals surface area contributed by atoms with Gasteiger partial charge in [-0.15, -0.1) is 0 Å². The number of rotatable bonds is 0. The summed E-state index contributed by atoms with van der Waals surface area (Å²) in [4.78, 5) is 7.57. The summed E-state index contributed by atoms with van der Waals surface area (Å²) >= 11 is 0. The molecule has 2 aliphatic rings. The van der Waals surface area contributed by atoms with Gasteiger partial charge in [0.2, 0.25) is 5.72 Å². The van der Waals surface area contributed by atoms with Crippen LogP contribution in [-0.4, -0.2) is 19.0 Å². The topological polar surface area (TPSA) is 24.8 Å². The van der Waals surface area contributed by atoms with Gasteiger partial charge in [-0.25, -0.2) is 0 Å². The number of aryl methyl sites for hydroxylation is 3. The molecule has 0 fully saturated rings. The van der Waals surface area contributed by atoms with E-state index in [2.05, 4.69) is 94.3 Å². The minimum Gasteiger partial charge on any atom is -0.459 e. The number of likely N-dealkylation sites (N-methyl/N-ethyl adjacent to an activating group) is 1. The lowest BCUT2D eigenvalue weighted by atomic mass is 9.84. The van der Waals surface area contributed by atoms with Crippen LogP contribution < -0.4 is 9.64 Å². The van der Waals surface area contributed by atoms with Crippen molar-refractivity contribution in [2.75, 3.05) is 11.9 Å². The van der Waals surface area contributed by atoms with Gasteiger partial charge in [0.25, 0.3) is 0 Å². The average molecular weight is 455 g/mol. The first kappa shape index (κ1) is 23.0. The van der Waals surface area contributed by atoms with Gasteiger partial charge in [-0.1, -0.05) is 6.92 Å². The maximum absolute atomic E-state index is 7.14. The Bertz CT molecular complexity index is 1420. The van der Waals surface area contributed by atoms with Crippen LogP contribution in [0.3, 0.4) is 0 Å². The summed E-state index contributed by atoms with van der Waals surface area (Å²) in [5, 5.41) is 2.58. The smallest absolute Gasteiger partial charge is 0.226 e. The molecule has 2 aliphatic heterocycles. The van der Waals surface area contributed by atoms with E-state index in [0.29, 0.717) is 0 Å². The summed E-state index contributed by atoms with van der Waals surface area (Å²) in [5.41, 5.74) is 16.4. The Hall–Kier alpha value is -2.81. The second kappa shape index (κ2) is 7.10. The molecule has 1 spiro atoms. The molecule has 0 aromatic heterocycles. The molecule has 2 unspecified atom stereocenters. The molecule has 0 bridgehead atoms. The molecule has 0 saturated heterocycles. The van der Waals surface area contributed by atoms with E-state index in [1.807, 2.05) is 0 Å². The molecular formula is C31H38N2O. The second-order valence-corrected chi connectivity index (χ2v) is 10.8. The number of fused-ring (bicyclic) bond motifs is 4. The zero-order valence-corrected chi connectivity index (χ0v) is 23.0. The summed E-state index contributed by atoms with van der Waals surface area (Å²) in [5.74, 6) is 1.11. The molecular weight excluding hydrogens is 416 g/mol. The number of anilines is 1. The molecule has 3 aromatic rings. The van der Waals surface area contributed by atoms with Crippen LogP contribution in [0.1, 0.15) is 74.0 Å². The molecule has 2 atom stereocenters. The van der Waals surface area contributed by atoms with Gasteiger partial charge in [0.05, 0.1) is 6.21 Å². The van der Waals surface area contributed by atoms with Crippen molar-refractivity contribution in [2.45, 2.75) is 87.8 Å². The highest BCUT2D eigenvalue weighted by Crippen LogP contribution is 2.56. The van der Waals surface area contributed by atoms with Crippen molar-refractivity contribution in [3.8, 4) is 5.75 Å². The van der Waals surface area contributed by atoms with Crippen LogP contribution >= 0.6 is 0 Å². The Morgan fingerprint density at radius 3 is 1.79 bits per heavy atom. The van der Waals surface area contributed by atoms with Crippen LogP contribution in [0.2, 0.25) is 0 Å². The van der Waals surface area contributed by atoms with E-state index in [0.717, 1.165) is 11.4 Å². The Morgan fingerprint density at radius 1 is 0.676 bits per heavy atom. The van der Waals surface area contributed by atoms with Gasteiger partial charge < -0.3 is 9.64 Å². The van der Waals surface area contributed by atoms with Crippen molar-refractivity contribution < 1.29 is 4.74 Å². The van der Waals surface area contributed by atoms with Gasteiger partial charge in [0.15, 0.2) is 5.75 Å². The van der Waals surface area contributed by atoms with E-state index in [9.17, 15) is 0 Å². The van der Waals surface area contributed by atoms with E-state index in [1.165, 1.54) is 77.7 Å². The molecule has 34 heavy (non-hydrogen) atoms. The van der Waals surface area contributed by atoms with E-state index < -0.39 is 5.72 Å². The molecule has 0 radical (unpaired) electrons. The number of aliphatic imine (C=N–C) groups is 1. The summed E-state index contributed by atoms with van der Waals surface area (Å²) in [6.45, 7) is 24.7. The van der Waals surface area contributed by atoms with E-state index in [4.69, 9.17) is 9.73 Å². The zero-order chi connectivity index (χ0) is 25.0. The summed E-state index contributed by atoms with van der Waals surface area (Å²) < 4.78 is 7.14. The van der Waals surface area contributed by atoms with Crippen LogP contribution in [0.15, 0.2) is 4.99 Å². The van der Waals surface area contributed by atoms with Crippen LogP contribution in [0.5, 0.6) is 5.75 Å². The molecule has 3 heteroatoms. The third-order valence-electron chi connectivity index (χ3n) is 9.68. The predicted molar refractivity (Wildman–Crippen MR) is 146 cm³/mol. The van der Waals surface area contributed by atoms with Crippen molar-refractivity contribution in [1.82, 2.24) is 0 Å². The first-order valence-electron chi connectivity index (χ1n) is 12.5. The lowest BCUT2D eigenvalue weighted by Gasteiger charge is -2.41. The Labute approximate surface area is 204 Å². The summed E-state index contributed by atoms with van der Waals surface area (Å²) in [6, 6.07) is 0. The monoisotopic (exact) mass is 454 g/mol. The highest BCUT2D eigenvalue weighted by atomic mass is 16.5. The molecule has 0 amide bonds. The van der Waals surface area contributed by atoms with Crippen LogP contribution in [0.25, 0.3) is 10.8 Å². The van der Waals surface area contributed by atoms with Crippen molar-refractivity contribution in [2.24, 2.45) is 4.99 Å². The molecule has 0 saturated carbocycles. The van der Waals surface area contributed by atoms with E-state index in [-0.39, 0.29) is 5.92 Å². The molecule has 3 nitrogen and oxygen atoms in total. The molecule has 0 N–H and O–H groups in total. The predicted octanol–water partition coefficient (Wildman–Crippen LogP) is 7.97. The van der Waals surface area contributed by atoms with Crippen LogP contribution in [0, 0.1) is 69.2 Å². The minimum absolute atomic E-state index is 0.167. The quantitative estimate of drug-likeness (QED) is 0.344. The Balaban J connectivity index is 1.81. The third-order valence-corrected chi connectivity index (χ3v) is 9.68. The lowest BCUT2D eigenvalue weighted by molar-refractivity contribution is 0.128. The van der Waals surface area contributed by atoms with Gasteiger partial charge in [-0.2, -0.15) is 0 Å². The Morgan fingerprint density at radius 2 is 1.18 bits per heavy atom. The molecule has 2 heterocycles. The van der Waals surface area contributed by atoms with Crippen molar-refractivity contribution in [3.63, 3.8) is 0 Å². The van der Waals surface area contributed by atoms with Crippen molar-refractivity contribution >= 4 is 28.4 Å². The summed E-state index contributed by atoms with van der Waals surface area (Å²) in [6.07, 6.45) is 2.09.